The summed E-state index contributed by atoms with van der Waals surface area (Å²) in [6, 6.07) is 11.2. The molecule has 3 rings (SSSR count). The van der Waals surface area contributed by atoms with Crippen molar-refractivity contribution in [3.63, 3.8) is 0 Å². The summed E-state index contributed by atoms with van der Waals surface area (Å²) in [7, 11) is 0. The summed E-state index contributed by atoms with van der Waals surface area (Å²) in [4.78, 5) is 4.50. The molecule has 0 amide bonds. The summed E-state index contributed by atoms with van der Waals surface area (Å²) >= 11 is 0. The number of rotatable bonds is 1. The molecule has 1 aromatic rings. The van der Waals surface area contributed by atoms with E-state index < -0.39 is 0 Å². The smallest absolute Gasteiger partial charge is 0.0207 e. The predicted octanol–water partition coefficient (Wildman–Crippen LogP) is 3.27. The third kappa shape index (κ3) is 2.54. The van der Waals surface area contributed by atoms with Gasteiger partial charge in [-0.15, -0.1) is 35.9 Å². The molecule has 1 aromatic carbocycles. The Hall–Kier alpha value is -1.24. The van der Waals surface area contributed by atoms with Gasteiger partial charge in [0.2, 0.25) is 0 Å². The molecule has 2 atom stereocenters. The van der Waals surface area contributed by atoms with Crippen molar-refractivity contribution in [2.24, 2.45) is 16.8 Å². The Kier molecular flexibility index (Phi) is 3.88. The molecule has 1 heterocycles. The average Bonchev–Trinajstić information content (AvgIpc) is 2.39. The van der Waals surface area contributed by atoms with Crippen LogP contribution in [0.15, 0.2) is 59.6 Å². The van der Waals surface area contributed by atoms with Crippen molar-refractivity contribution >= 4 is 11.9 Å². The van der Waals surface area contributed by atoms with E-state index in [0.29, 0.717) is 11.8 Å². The molecular formula is C15H12IrN-. The molecular weight excluding hydrogens is 386 g/mol. The van der Waals surface area contributed by atoms with Crippen LogP contribution in [-0.4, -0.2) is 6.21 Å². The molecule has 0 saturated heterocycles. The van der Waals surface area contributed by atoms with Gasteiger partial charge in [-0.25, -0.2) is 0 Å². The van der Waals surface area contributed by atoms with Gasteiger partial charge in [-0.2, -0.15) is 0 Å². The van der Waals surface area contributed by atoms with E-state index in [4.69, 9.17) is 0 Å². The average molecular weight is 398 g/mol. The van der Waals surface area contributed by atoms with Crippen LogP contribution >= 0.6 is 0 Å². The van der Waals surface area contributed by atoms with Gasteiger partial charge in [0.05, 0.1) is 0 Å². The molecule has 0 N–H and O–H groups in total. The standard InChI is InChI=1S/C15H12N.Ir/c1-2-6-12(7-3-1)15-10-13-8-4-5-9-14(13)11-16-15;/h1-6,8-11,13-14H;/q-1;. The normalized spacial score (nSPS) is 24.8. The van der Waals surface area contributed by atoms with E-state index in [1.165, 1.54) is 0 Å². The van der Waals surface area contributed by atoms with E-state index in [1.807, 2.05) is 30.5 Å². The predicted molar refractivity (Wildman–Crippen MR) is 67.0 cm³/mol. The van der Waals surface area contributed by atoms with E-state index in [1.54, 1.807) is 0 Å². The van der Waals surface area contributed by atoms with Gasteiger partial charge in [0.25, 0.3) is 0 Å². The van der Waals surface area contributed by atoms with Gasteiger partial charge in [-0.1, -0.05) is 30.4 Å². The zero-order valence-electron chi connectivity index (χ0n) is 9.21. The molecule has 0 fully saturated rings. The van der Waals surface area contributed by atoms with Crippen LogP contribution in [0.4, 0.5) is 0 Å². The van der Waals surface area contributed by atoms with E-state index in [-0.39, 0.29) is 20.1 Å². The second-order valence-corrected chi connectivity index (χ2v) is 4.03. The Bertz CT molecular complexity index is 497. The van der Waals surface area contributed by atoms with Gasteiger partial charge >= 0.3 is 0 Å². The summed E-state index contributed by atoms with van der Waals surface area (Å²) in [5.41, 5.74) is 2.10. The molecule has 1 radical (unpaired) electrons. The fourth-order valence-corrected chi connectivity index (χ4v) is 2.06. The number of allylic oxidation sites excluding steroid dienone is 5. The Morgan fingerprint density at radius 3 is 2.65 bits per heavy atom. The van der Waals surface area contributed by atoms with Crippen molar-refractivity contribution < 1.29 is 20.1 Å². The van der Waals surface area contributed by atoms with Crippen molar-refractivity contribution in [3.8, 4) is 0 Å². The summed E-state index contributed by atoms with van der Waals surface area (Å²) in [5, 5.41) is 0. The van der Waals surface area contributed by atoms with Gasteiger partial charge < -0.3 is 4.99 Å². The first-order valence-corrected chi connectivity index (χ1v) is 5.51. The minimum absolute atomic E-state index is 0. The van der Waals surface area contributed by atoms with Crippen LogP contribution in [0, 0.1) is 17.9 Å². The summed E-state index contributed by atoms with van der Waals surface area (Å²) in [6.45, 7) is 0. The number of fused-ring (bicyclic) bond motifs is 1. The van der Waals surface area contributed by atoms with Gasteiger partial charge in [-0.05, 0) is 5.70 Å². The van der Waals surface area contributed by atoms with Gasteiger partial charge in [0.15, 0.2) is 0 Å². The molecule has 1 nitrogen and oxygen atoms in total. The number of hydrogen-bond donors (Lipinski definition) is 0. The molecule has 2 aliphatic rings. The number of aliphatic imine (C=N–C) groups is 1. The molecule has 2 unspecified atom stereocenters. The zero-order chi connectivity index (χ0) is 10.8. The first-order valence-electron chi connectivity index (χ1n) is 5.51. The molecule has 1 aliphatic carbocycles. The quantitative estimate of drug-likeness (QED) is 0.644. The van der Waals surface area contributed by atoms with E-state index in [9.17, 15) is 0 Å². The minimum Gasteiger partial charge on any atom is -0.309 e. The second-order valence-electron chi connectivity index (χ2n) is 4.03. The van der Waals surface area contributed by atoms with Crippen molar-refractivity contribution in [2.75, 3.05) is 0 Å². The molecule has 87 valence electrons. The summed E-state index contributed by atoms with van der Waals surface area (Å²) in [6.07, 6.45) is 12.8. The van der Waals surface area contributed by atoms with Crippen LogP contribution in [0.2, 0.25) is 0 Å². The molecule has 2 heteroatoms. The first kappa shape index (κ1) is 12.2. The maximum absolute atomic E-state index is 4.50. The third-order valence-electron chi connectivity index (χ3n) is 2.94. The van der Waals surface area contributed by atoms with Crippen molar-refractivity contribution in [1.82, 2.24) is 0 Å². The third-order valence-corrected chi connectivity index (χ3v) is 2.94. The van der Waals surface area contributed by atoms with Gasteiger partial charge in [0, 0.05) is 38.2 Å². The van der Waals surface area contributed by atoms with Crippen LogP contribution in [0.25, 0.3) is 5.70 Å². The van der Waals surface area contributed by atoms with E-state index in [0.717, 1.165) is 11.3 Å². The SMILES string of the molecule is [Ir].[c-]1ccccc1C1=CC2C=CC=CC2C=N1. The Labute approximate surface area is 115 Å². The molecule has 0 spiro atoms. The molecule has 0 bridgehead atoms. The Balaban J connectivity index is 0.00000108. The maximum Gasteiger partial charge on any atom is 0.0207 e. The topological polar surface area (TPSA) is 12.4 Å². The maximum atomic E-state index is 4.50. The molecule has 0 saturated carbocycles. The van der Waals surface area contributed by atoms with Crippen LogP contribution < -0.4 is 0 Å². The molecule has 17 heavy (non-hydrogen) atoms. The molecule has 1 aliphatic heterocycles. The van der Waals surface area contributed by atoms with E-state index in [2.05, 4.69) is 41.4 Å². The Morgan fingerprint density at radius 1 is 1.06 bits per heavy atom. The van der Waals surface area contributed by atoms with Crippen LogP contribution in [0.1, 0.15) is 5.56 Å². The zero-order valence-corrected chi connectivity index (χ0v) is 11.6. The van der Waals surface area contributed by atoms with Crippen LogP contribution in [0.3, 0.4) is 0 Å². The monoisotopic (exact) mass is 399 g/mol. The number of benzene rings is 1. The van der Waals surface area contributed by atoms with E-state index >= 15 is 0 Å². The van der Waals surface area contributed by atoms with Crippen molar-refractivity contribution in [2.45, 2.75) is 0 Å². The number of hydrogen-bond acceptors (Lipinski definition) is 1. The van der Waals surface area contributed by atoms with Gasteiger partial charge in [-0.3, -0.25) is 0 Å². The fraction of sp³-hybridized carbons (Fsp3) is 0.133. The van der Waals surface area contributed by atoms with Crippen LogP contribution in [0.5, 0.6) is 0 Å². The Morgan fingerprint density at radius 2 is 1.88 bits per heavy atom. The second kappa shape index (κ2) is 5.39. The van der Waals surface area contributed by atoms with Crippen LogP contribution in [-0.2, 0) is 20.1 Å². The summed E-state index contributed by atoms with van der Waals surface area (Å²) < 4.78 is 0. The van der Waals surface area contributed by atoms with Crippen molar-refractivity contribution in [3.05, 3.63) is 66.3 Å². The fourth-order valence-electron chi connectivity index (χ4n) is 2.06. The molecule has 0 aromatic heterocycles. The van der Waals surface area contributed by atoms with Gasteiger partial charge in [0.1, 0.15) is 0 Å². The summed E-state index contributed by atoms with van der Waals surface area (Å²) in [5.74, 6) is 0.878. The first-order chi connectivity index (χ1) is 7.93. The largest absolute Gasteiger partial charge is 0.309 e. The number of nitrogens with zero attached hydrogens (tertiary/aromatic N) is 1. The van der Waals surface area contributed by atoms with Crippen molar-refractivity contribution in [1.29, 1.82) is 0 Å². The minimum atomic E-state index is 0.